The van der Waals surface area contributed by atoms with Crippen molar-refractivity contribution in [3.05, 3.63) is 73.1 Å². The number of ether oxygens (including phenoxy) is 1. The van der Waals surface area contributed by atoms with Gasteiger partial charge in [0, 0.05) is 30.2 Å². The van der Waals surface area contributed by atoms with Crippen molar-refractivity contribution in [2.45, 2.75) is 0 Å². The molecule has 0 aliphatic heterocycles. The van der Waals surface area contributed by atoms with Crippen LogP contribution in [0.25, 0.3) is 5.82 Å². The molecule has 9 nitrogen and oxygen atoms in total. The third-order valence-corrected chi connectivity index (χ3v) is 3.36. The van der Waals surface area contributed by atoms with Gasteiger partial charge in [0.05, 0.1) is 6.20 Å². The van der Waals surface area contributed by atoms with Crippen LogP contribution in [0.5, 0.6) is 11.6 Å². The van der Waals surface area contributed by atoms with Gasteiger partial charge in [-0.05, 0) is 30.3 Å². The van der Waals surface area contributed by atoms with Crippen molar-refractivity contribution in [2.75, 3.05) is 5.32 Å². The molecular formula is C17H12N6O3. The SMILES string of the molecule is O=C(Nc1ccc(Oc2cc(-n3cccn3)ncn2)cc1)c1ccno1. The summed E-state index contributed by atoms with van der Waals surface area (Å²) < 4.78 is 12.1. The van der Waals surface area contributed by atoms with Crippen molar-refractivity contribution in [2.24, 2.45) is 0 Å². The first-order valence-corrected chi connectivity index (χ1v) is 7.60. The van der Waals surface area contributed by atoms with E-state index in [4.69, 9.17) is 9.26 Å². The van der Waals surface area contributed by atoms with Crippen molar-refractivity contribution < 1.29 is 14.1 Å². The minimum Gasteiger partial charge on any atom is -0.439 e. The van der Waals surface area contributed by atoms with Gasteiger partial charge in [-0.2, -0.15) is 5.10 Å². The summed E-state index contributed by atoms with van der Waals surface area (Å²) in [6.45, 7) is 0. The van der Waals surface area contributed by atoms with Gasteiger partial charge < -0.3 is 14.6 Å². The Morgan fingerprint density at radius 1 is 1.12 bits per heavy atom. The predicted molar refractivity (Wildman–Crippen MR) is 90.1 cm³/mol. The summed E-state index contributed by atoms with van der Waals surface area (Å²) in [5.41, 5.74) is 0.596. The van der Waals surface area contributed by atoms with Gasteiger partial charge in [0.1, 0.15) is 12.1 Å². The molecule has 9 heteroatoms. The molecule has 3 heterocycles. The Morgan fingerprint density at radius 2 is 2.00 bits per heavy atom. The largest absolute Gasteiger partial charge is 0.439 e. The van der Waals surface area contributed by atoms with Crippen LogP contribution < -0.4 is 10.1 Å². The van der Waals surface area contributed by atoms with E-state index in [2.05, 4.69) is 25.5 Å². The van der Waals surface area contributed by atoms with Crippen LogP contribution in [0.4, 0.5) is 5.69 Å². The highest BCUT2D eigenvalue weighted by Gasteiger charge is 2.10. The Kier molecular flexibility index (Phi) is 4.09. The number of carbonyl (C=O) groups excluding carboxylic acids is 1. The molecule has 0 fully saturated rings. The van der Waals surface area contributed by atoms with Gasteiger partial charge in [-0.15, -0.1) is 0 Å². The molecule has 4 rings (SSSR count). The predicted octanol–water partition coefficient (Wildman–Crippen LogP) is 2.69. The van der Waals surface area contributed by atoms with Crippen LogP contribution in [0.2, 0.25) is 0 Å². The van der Waals surface area contributed by atoms with Crippen molar-refractivity contribution in [3.63, 3.8) is 0 Å². The molecule has 1 amide bonds. The van der Waals surface area contributed by atoms with E-state index in [-0.39, 0.29) is 11.7 Å². The van der Waals surface area contributed by atoms with Crippen LogP contribution in [-0.4, -0.2) is 30.8 Å². The van der Waals surface area contributed by atoms with Crippen LogP contribution in [0.15, 0.2) is 71.9 Å². The lowest BCUT2D eigenvalue weighted by atomic mass is 10.3. The van der Waals surface area contributed by atoms with E-state index in [1.807, 2.05) is 0 Å². The Bertz CT molecular complexity index is 997. The van der Waals surface area contributed by atoms with E-state index in [1.165, 1.54) is 18.6 Å². The van der Waals surface area contributed by atoms with Crippen molar-refractivity contribution >= 4 is 11.6 Å². The van der Waals surface area contributed by atoms with Gasteiger partial charge in [0.15, 0.2) is 5.82 Å². The summed E-state index contributed by atoms with van der Waals surface area (Å²) in [6, 6.07) is 11.8. The third kappa shape index (κ3) is 3.41. The third-order valence-electron chi connectivity index (χ3n) is 3.36. The highest BCUT2D eigenvalue weighted by molar-refractivity contribution is 6.02. The Balaban J connectivity index is 1.44. The average Bonchev–Trinajstić information content (AvgIpc) is 3.38. The fourth-order valence-electron chi connectivity index (χ4n) is 2.17. The van der Waals surface area contributed by atoms with Gasteiger partial charge in [-0.1, -0.05) is 5.16 Å². The van der Waals surface area contributed by atoms with Gasteiger partial charge in [0.2, 0.25) is 11.6 Å². The molecule has 4 aromatic rings. The molecule has 3 aromatic heterocycles. The summed E-state index contributed by atoms with van der Waals surface area (Å²) in [6.07, 6.45) is 6.25. The first kappa shape index (κ1) is 15.5. The first-order chi connectivity index (χ1) is 12.8. The molecule has 128 valence electrons. The number of anilines is 1. The van der Waals surface area contributed by atoms with Crippen LogP contribution in [0, 0.1) is 0 Å². The molecule has 0 bridgehead atoms. The molecule has 0 radical (unpaired) electrons. The van der Waals surface area contributed by atoms with Gasteiger partial charge in [-0.25, -0.2) is 14.6 Å². The summed E-state index contributed by atoms with van der Waals surface area (Å²) in [4.78, 5) is 20.1. The smallest absolute Gasteiger partial charge is 0.294 e. The molecule has 0 unspecified atom stereocenters. The molecule has 0 aliphatic carbocycles. The lowest BCUT2D eigenvalue weighted by molar-refractivity contribution is 0.0988. The minimum atomic E-state index is -0.379. The van der Waals surface area contributed by atoms with Gasteiger partial charge >= 0.3 is 0 Å². The molecule has 1 N–H and O–H groups in total. The van der Waals surface area contributed by atoms with Crippen molar-refractivity contribution in [3.8, 4) is 17.4 Å². The van der Waals surface area contributed by atoms with E-state index in [1.54, 1.807) is 53.5 Å². The Labute approximate surface area is 147 Å². The van der Waals surface area contributed by atoms with E-state index >= 15 is 0 Å². The van der Waals surface area contributed by atoms with Crippen LogP contribution in [0.1, 0.15) is 10.6 Å². The number of rotatable bonds is 5. The maximum atomic E-state index is 11.9. The minimum absolute atomic E-state index is 0.137. The lowest BCUT2D eigenvalue weighted by Crippen LogP contribution is -2.10. The molecule has 0 saturated carbocycles. The average molecular weight is 348 g/mol. The normalized spacial score (nSPS) is 10.5. The van der Waals surface area contributed by atoms with Gasteiger partial charge in [-0.3, -0.25) is 4.79 Å². The summed E-state index contributed by atoms with van der Waals surface area (Å²) in [5.74, 6) is 1.29. The number of nitrogens with zero attached hydrogens (tertiary/aromatic N) is 5. The zero-order chi connectivity index (χ0) is 17.8. The summed E-state index contributed by atoms with van der Waals surface area (Å²) >= 11 is 0. The highest BCUT2D eigenvalue weighted by Crippen LogP contribution is 2.22. The van der Waals surface area contributed by atoms with E-state index < -0.39 is 0 Å². The first-order valence-electron chi connectivity index (χ1n) is 7.60. The van der Waals surface area contributed by atoms with E-state index in [0.717, 1.165) is 0 Å². The zero-order valence-electron chi connectivity index (χ0n) is 13.3. The number of benzene rings is 1. The number of carbonyl (C=O) groups is 1. The molecule has 1 aromatic carbocycles. The number of nitrogens with one attached hydrogen (secondary N) is 1. The maximum Gasteiger partial charge on any atom is 0.294 e. The number of aromatic nitrogens is 5. The summed E-state index contributed by atoms with van der Waals surface area (Å²) in [5, 5.41) is 10.3. The standard InChI is InChI=1S/C17H12N6O3/c24-17(14-6-8-21-26-14)22-12-2-4-13(5-3-12)25-16-10-15(18-11-19-16)23-9-1-7-20-23/h1-11H,(H,22,24). The lowest BCUT2D eigenvalue weighted by Gasteiger charge is -2.07. The second-order valence-corrected chi connectivity index (χ2v) is 5.12. The van der Waals surface area contributed by atoms with Gasteiger partial charge in [0.25, 0.3) is 5.91 Å². The van der Waals surface area contributed by atoms with Crippen LogP contribution in [0.3, 0.4) is 0 Å². The molecular weight excluding hydrogens is 336 g/mol. The Morgan fingerprint density at radius 3 is 2.73 bits per heavy atom. The number of hydrogen-bond donors (Lipinski definition) is 1. The zero-order valence-corrected chi connectivity index (χ0v) is 13.3. The highest BCUT2D eigenvalue weighted by atomic mass is 16.5. The quantitative estimate of drug-likeness (QED) is 0.590. The second kappa shape index (κ2) is 6.85. The molecule has 0 saturated heterocycles. The van der Waals surface area contributed by atoms with E-state index in [9.17, 15) is 4.79 Å². The number of amides is 1. The van der Waals surface area contributed by atoms with E-state index in [0.29, 0.717) is 23.1 Å². The number of hydrogen-bond acceptors (Lipinski definition) is 7. The topological polar surface area (TPSA) is 108 Å². The molecule has 26 heavy (non-hydrogen) atoms. The fraction of sp³-hybridized carbons (Fsp3) is 0. The summed E-state index contributed by atoms with van der Waals surface area (Å²) in [7, 11) is 0. The fourth-order valence-corrected chi connectivity index (χ4v) is 2.17. The Hall–Kier alpha value is -4.01. The van der Waals surface area contributed by atoms with Crippen molar-refractivity contribution in [1.29, 1.82) is 0 Å². The molecule has 0 aliphatic rings. The van der Waals surface area contributed by atoms with Crippen molar-refractivity contribution in [1.82, 2.24) is 24.9 Å². The second-order valence-electron chi connectivity index (χ2n) is 5.12. The molecule has 0 spiro atoms. The maximum absolute atomic E-state index is 11.9. The van der Waals surface area contributed by atoms with Crippen LogP contribution >= 0.6 is 0 Å². The van der Waals surface area contributed by atoms with Crippen LogP contribution in [-0.2, 0) is 0 Å². The molecule has 0 atom stereocenters. The monoisotopic (exact) mass is 348 g/mol.